The number of alkyl halides is 1. The van der Waals surface area contributed by atoms with Crippen LogP contribution in [0.2, 0.25) is 5.02 Å². The zero-order valence-electron chi connectivity index (χ0n) is 12.6. The average molecular weight is 376 g/mol. The quantitative estimate of drug-likeness (QED) is 0.813. The molecule has 0 saturated carbocycles. The second-order valence-electron chi connectivity index (χ2n) is 5.58. The summed E-state index contributed by atoms with van der Waals surface area (Å²) in [5, 5.41) is 3.39. The van der Waals surface area contributed by atoms with E-state index < -0.39 is 17.5 Å². The summed E-state index contributed by atoms with van der Waals surface area (Å²) in [6.45, 7) is 0.791. The second kappa shape index (κ2) is 7.46. The molecule has 3 heterocycles. The highest BCUT2D eigenvalue weighted by atomic mass is 35.5. The molecule has 24 heavy (non-hydrogen) atoms. The Balaban J connectivity index is 0.00000208. The molecule has 1 fully saturated rings. The summed E-state index contributed by atoms with van der Waals surface area (Å²) in [7, 11) is 0. The maximum Gasteiger partial charge on any atom is 0.296 e. The molecule has 1 saturated heterocycles. The maximum atomic E-state index is 14.7. The van der Waals surface area contributed by atoms with Crippen LogP contribution in [0.25, 0.3) is 0 Å². The van der Waals surface area contributed by atoms with Crippen molar-refractivity contribution in [2.75, 3.05) is 19.6 Å². The molecule has 1 aromatic heterocycles. The largest absolute Gasteiger partial charge is 0.450 e. The summed E-state index contributed by atoms with van der Waals surface area (Å²) in [5.41, 5.74) is -1.56. The fourth-order valence-corrected chi connectivity index (χ4v) is 2.76. The smallest absolute Gasteiger partial charge is 0.296 e. The lowest BCUT2D eigenvalue weighted by Crippen LogP contribution is -2.49. The summed E-state index contributed by atoms with van der Waals surface area (Å²) in [6, 6.07) is 1.47. The number of carbonyl (C=O) groups excluding carboxylic acids is 2. The molecule has 0 unspecified atom stereocenters. The molecule has 130 valence electrons. The van der Waals surface area contributed by atoms with Crippen molar-refractivity contribution in [3.63, 3.8) is 0 Å². The zero-order valence-corrected chi connectivity index (χ0v) is 14.2. The molecular formula is C15H16Cl2FN3O3. The lowest BCUT2D eigenvalue weighted by atomic mass is 9.94. The topological polar surface area (TPSA) is 71.5 Å². The van der Waals surface area contributed by atoms with Crippen LogP contribution in [-0.4, -0.2) is 47.0 Å². The Hall–Kier alpha value is -1.70. The maximum absolute atomic E-state index is 14.7. The average Bonchev–Trinajstić information content (AvgIpc) is 2.75. The van der Waals surface area contributed by atoms with E-state index in [-0.39, 0.29) is 43.3 Å². The molecule has 0 radical (unpaired) electrons. The normalized spacial score (nSPS) is 19.8. The number of pyridine rings is 1. The summed E-state index contributed by atoms with van der Waals surface area (Å²) in [5.74, 6) is -1.14. The molecule has 1 N–H and O–H groups in total. The van der Waals surface area contributed by atoms with Crippen molar-refractivity contribution in [2.24, 2.45) is 0 Å². The van der Waals surface area contributed by atoms with Crippen LogP contribution in [0.4, 0.5) is 4.39 Å². The van der Waals surface area contributed by atoms with Crippen molar-refractivity contribution >= 4 is 35.8 Å². The lowest BCUT2D eigenvalue weighted by Gasteiger charge is -2.32. The molecular weight excluding hydrogens is 360 g/mol. The summed E-state index contributed by atoms with van der Waals surface area (Å²) in [6.07, 6.45) is 4.38. The molecule has 1 aromatic rings. The van der Waals surface area contributed by atoms with E-state index in [1.807, 2.05) is 0 Å². The molecule has 0 aliphatic carbocycles. The number of aromatic nitrogens is 1. The van der Waals surface area contributed by atoms with Crippen LogP contribution in [0, 0.1) is 0 Å². The summed E-state index contributed by atoms with van der Waals surface area (Å²) in [4.78, 5) is 29.0. The Morgan fingerprint density at radius 3 is 2.71 bits per heavy atom. The molecule has 0 bridgehead atoms. The van der Waals surface area contributed by atoms with Crippen molar-refractivity contribution in [1.29, 1.82) is 0 Å². The predicted molar refractivity (Wildman–Crippen MR) is 87.9 cm³/mol. The number of ether oxygens (including phenoxy) is 1. The minimum atomic E-state index is -1.56. The molecule has 2 aliphatic heterocycles. The number of imide groups is 1. The van der Waals surface area contributed by atoms with Gasteiger partial charge in [-0.1, -0.05) is 11.6 Å². The number of nitrogens with one attached hydrogen (secondary N) is 1. The molecule has 2 aliphatic rings. The highest BCUT2D eigenvalue weighted by Gasteiger charge is 2.41. The molecule has 0 aromatic carbocycles. The number of rotatable bonds is 4. The van der Waals surface area contributed by atoms with Crippen LogP contribution in [0.5, 0.6) is 5.75 Å². The van der Waals surface area contributed by atoms with E-state index in [0.29, 0.717) is 18.1 Å². The van der Waals surface area contributed by atoms with Gasteiger partial charge in [-0.3, -0.25) is 19.5 Å². The molecule has 2 amide bonds. The van der Waals surface area contributed by atoms with Crippen molar-refractivity contribution in [1.82, 2.24) is 15.2 Å². The number of halogens is 3. The van der Waals surface area contributed by atoms with Crippen molar-refractivity contribution in [3.8, 4) is 5.75 Å². The molecule has 6 nitrogen and oxygen atoms in total. The number of piperidine rings is 1. The van der Waals surface area contributed by atoms with E-state index in [1.165, 1.54) is 18.5 Å². The van der Waals surface area contributed by atoms with Gasteiger partial charge in [0.25, 0.3) is 11.8 Å². The number of hydrogen-bond donors (Lipinski definition) is 1. The molecule has 3 rings (SSSR count). The van der Waals surface area contributed by atoms with E-state index in [9.17, 15) is 14.0 Å². The Morgan fingerprint density at radius 2 is 2.04 bits per heavy atom. The second-order valence-corrected chi connectivity index (χ2v) is 6.02. The van der Waals surface area contributed by atoms with Gasteiger partial charge in [0.15, 0.2) is 5.76 Å². The zero-order chi connectivity index (χ0) is 16.4. The predicted octanol–water partition coefficient (Wildman–Crippen LogP) is 1.88. The van der Waals surface area contributed by atoms with Crippen LogP contribution in [0.1, 0.15) is 12.8 Å². The van der Waals surface area contributed by atoms with E-state index in [1.54, 1.807) is 0 Å². The van der Waals surface area contributed by atoms with E-state index >= 15 is 0 Å². The minimum absolute atomic E-state index is 0. The Labute approximate surface area is 149 Å². The summed E-state index contributed by atoms with van der Waals surface area (Å²) >= 11 is 5.79. The van der Waals surface area contributed by atoms with Gasteiger partial charge >= 0.3 is 0 Å². The summed E-state index contributed by atoms with van der Waals surface area (Å²) < 4.78 is 20.1. The highest BCUT2D eigenvalue weighted by molar-refractivity contribution is 6.30. The van der Waals surface area contributed by atoms with Crippen LogP contribution >= 0.6 is 24.0 Å². The van der Waals surface area contributed by atoms with Crippen molar-refractivity contribution in [3.05, 3.63) is 35.3 Å². The van der Waals surface area contributed by atoms with Crippen LogP contribution in [0.3, 0.4) is 0 Å². The van der Waals surface area contributed by atoms with Crippen molar-refractivity contribution < 1.29 is 18.7 Å². The van der Waals surface area contributed by atoms with Gasteiger partial charge in [-0.25, -0.2) is 4.39 Å². The van der Waals surface area contributed by atoms with Gasteiger partial charge in [0.2, 0.25) is 0 Å². The third-order valence-corrected chi connectivity index (χ3v) is 4.03. The van der Waals surface area contributed by atoms with Gasteiger partial charge in [0.1, 0.15) is 11.4 Å². The number of nitrogens with zero attached hydrogens (tertiary/aromatic N) is 2. The lowest BCUT2D eigenvalue weighted by molar-refractivity contribution is -0.141. The van der Waals surface area contributed by atoms with Gasteiger partial charge < -0.3 is 10.1 Å². The van der Waals surface area contributed by atoms with Gasteiger partial charge in [0, 0.05) is 12.3 Å². The first-order valence-electron chi connectivity index (χ1n) is 7.22. The Morgan fingerprint density at radius 1 is 1.33 bits per heavy atom. The first-order valence-corrected chi connectivity index (χ1v) is 7.60. The van der Waals surface area contributed by atoms with Gasteiger partial charge in [-0.05, 0) is 25.9 Å². The third-order valence-electron chi connectivity index (χ3n) is 3.83. The first-order chi connectivity index (χ1) is 11.0. The van der Waals surface area contributed by atoms with E-state index in [4.69, 9.17) is 16.3 Å². The fraction of sp³-hybridized carbons (Fsp3) is 0.400. The Kier molecular flexibility index (Phi) is 5.79. The van der Waals surface area contributed by atoms with Gasteiger partial charge in [-0.2, -0.15) is 0 Å². The van der Waals surface area contributed by atoms with Gasteiger partial charge in [-0.15, -0.1) is 12.4 Å². The van der Waals surface area contributed by atoms with Crippen LogP contribution in [0.15, 0.2) is 30.3 Å². The SMILES string of the molecule is Cl.O=C1C=C(Oc2cncc(Cl)c2)C(=O)N1CC1(F)CCNCC1. The molecule has 0 atom stereocenters. The van der Waals surface area contributed by atoms with Crippen LogP contribution in [-0.2, 0) is 9.59 Å². The number of hydrogen-bond acceptors (Lipinski definition) is 5. The highest BCUT2D eigenvalue weighted by Crippen LogP contribution is 2.28. The standard InChI is InChI=1S/C15H15ClFN3O3.ClH/c16-10-5-11(8-19-7-10)23-12-6-13(21)20(14(12)22)9-15(17)1-3-18-4-2-15;/h5-8,18H,1-4,9H2;1H. The fourth-order valence-electron chi connectivity index (χ4n) is 2.60. The Bertz CT molecular complexity index is 678. The van der Waals surface area contributed by atoms with Gasteiger partial charge in [0.05, 0.1) is 23.8 Å². The first kappa shape index (κ1) is 18.6. The molecule has 9 heteroatoms. The van der Waals surface area contributed by atoms with Crippen LogP contribution < -0.4 is 10.1 Å². The number of amides is 2. The van der Waals surface area contributed by atoms with E-state index in [2.05, 4.69) is 10.3 Å². The van der Waals surface area contributed by atoms with E-state index in [0.717, 1.165) is 11.0 Å². The molecule has 0 spiro atoms. The monoisotopic (exact) mass is 375 g/mol. The minimum Gasteiger partial charge on any atom is -0.450 e. The number of carbonyl (C=O) groups is 2. The van der Waals surface area contributed by atoms with Crippen molar-refractivity contribution in [2.45, 2.75) is 18.5 Å². The third kappa shape index (κ3) is 4.03.